The number of esters is 1. The smallest absolute Gasteiger partial charge is 0.305 e. The molecule has 2 heteroatoms. The first-order valence-corrected chi connectivity index (χ1v) is 8.26. The van der Waals surface area contributed by atoms with E-state index in [1.165, 1.54) is 64.2 Å². The van der Waals surface area contributed by atoms with Crippen molar-refractivity contribution in [1.82, 2.24) is 0 Å². The number of rotatable bonds is 14. The second-order valence-corrected chi connectivity index (χ2v) is 5.36. The lowest BCUT2D eigenvalue weighted by Gasteiger charge is -2.03. The third-order valence-electron chi connectivity index (χ3n) is 3.50. The number of carbonyl (C=O) groups is 1. The van der Waals surface area contributed by atoms with E-state index in [1.807, 2.05) is 0 Å². The number of hydrogen-bond acceptors (Lipinski definition) is 2. The Kier molecular flexibility index (Phi) is 15.1. The highest BCUT2D eigenvalue weighted by Gasteiger charge is 2.00. The fraction of sp³-hybridized carbons (Fsp3) is 0.882. The van der Waals surface area contributed by atoms with Gasteiger partial charge in [-0.05, 0) is 13.3 Å². The summed E-state index contributed by atoms with van der Waals surface area (Å²) in [6.45, 7) is 6.02. The molecule has 1 radical (unpaired) electrons. The highest BCUT2D eigenvalue weighted by Crippen LogP contribution is 2.12. The number of unbranched alkanes of at least 4 members (excludes halogenated alkanes) is 11. The van der Waals surface area contributed by atoms with E-state index in [9.17, 15) is 4.79 Å². The standard InChI is InChI=1S/C17H33O2/c1-3-5-6-7-8-9-10-11-12-13-14-15-16-17(18)19-4-2/h2-16H2,1H3. The van der Waals surface area contributed by atoms with Crippen LogP contribution in [0.1, 0.15) is 90.4 Å². The Morgan fingerprint density at radius 3 is 1.63 bits per heavy atom. The minimum absolute atomic E-state index is 0.0953. The molecule has 0 rings (SSSR count). The maximum Gasteiger partial charge on any atom is 0.305 e. The van der Waals surface area contributed by atoms with Crippen LogP contribution in [0.2, 0.25) is 0 Å². The van der Waals surface area contributed by atoms with Crippen molar-refractivity contribution in [1.29, 1.82) is 0 Å². The molecular weight excluding hydrogens is 236 g/mol. The second-order valence-electron chi connectivity index (χ2n) is 5.36. The summed E-state index contributed by atoms with van der Waals surface area (Å²) in [5.74, 6) is -0.0953. The largest absolute Gasteiger partial charge is 0.466 e. The van der Waals surface area contributed by atoms with Crippen LogP contribution in [0.25, 0.3) is 0 Å². The van der Waals surface area contributed by atoms with Crippen LogP contribution in [0.3, 0.4) is 0 Å². The SMILES string of the molecule is [CH2]COC(=O)CCCCCCCCCCCCCC. The van der Waals surface area contributed by atoms with Crippen LogP contribution in [0.4, 0.5) is 0 Å². The first-order chi connectivity index (χ1) is 9.31. The summed E-state index contributed by atoms with van der Waals surface area (Å²) >= 11 is 0. The molecule has 0 saturated carbocycles. The summed E-state index contributed by atoms with van der Waals surface area (Å²) < 4.78 is 4.79. The van der Waals surface area contributed by atoms with Crippen molar-refractivity contribution in [2.24, 2.45) is 0 Å². The Balaban J connectivity index is 3.01. The van der Waals surface area contributed by atoms with Gasteiger partial charge in [0.25, 0.3) is 0 Å². The molecule has 0 aliphatic carbocycles. The summed E-state index contributed by atoms with van der Waals surface area (Å²) in [4.78, 5) is 11.1. The van der Waals surface area contributed by atoms with Gasteiger partial charge < -0.3 is 4.74 Å². The minimum atomic E-state index is -0.0953. The minimum Gasteiger partial charge on any atom is -0.466 e. The fourth-order valence-electron chi connectivity index (χ4n) is 2.30. The summed E-state index contributed by atoms with van der Waals surface area (Å²) in [5, 5.41) is 0. The van der Waals surface area contributed by atoms with Crippen molar-refractivity contribution < 1.29 is 9.53 Å². The Morgan fingerprint density at radius 1 is 0.789 bits per heavy atom. The van der Waals surface area contributed by atoms with Gasteiger partial charge in [-0.15, -0.1) is 0 Å². The second kappa shape index (κ2) is 15.5. The van der Waals surface area contributed by atoms with E-state index < -0.39 is 0 Å². The van der Waals surface area contributed by atoms with Crippen LogP contribution in [0, 0.1) is 6.92 Å². The molecule has 0 saturated heterocycles. The molecule has 0 aliphatic heterocycles. The van der Waals surface area contributed by atoms with Gasteiger partial charge in [-0.2, -0.15) is 0 Å². The van der Waals surface area contributed by atoms with Gasteiger partial charge in [0.15, 0.2) is 0 Å². The van der Waals surface area contributed by atoms with Crippen molar-refractivity contribution in [2.45, 2.75) is 90.4 Å². The Hall–Kier alpha value is -0.530. The fourth-order valence-corrected chi connectivity index (χ4v) is 2.30. The molecule has 0 aromatic heterocycles. The predicted octanol–water partition coefficient (Wildman–Crippen LogP) is 5.45. The van der Waals surface area contributed by atoms with Gasteiger partial charge in [0.2, 0.25) is 0 Å². The lowest BCUT2D eigenvalue weighted by molar-refractivity contribution is -0.142. The average molecular weight is 269 g/mol. The first kappa shape index (κ1) is 18.5. The Morgan fingerprint density at radius 2 is 1.21 bits per heavy atom. The van der Waals surface area contributed by atoms with E-state index in [-0.39, 0.29) is 12.6 Å². The lowest BCUT2D eigenvalue weighted by Crippen LogP contribution is -2.03. The normalized spacial score (nSPS) is 10.6. The quantitative estimate of drug-likeness (QED) is 0.309. The van der Waals surface area contributed by atoms with E-state index in [4.69, 9.17) is 4.74 Å². The van der Waals surface area contributed by atoms with Crippen LogP contribution in [-0.4, -0.2) is 12.6 Å². The van der Waals surface area contributed by atoms with E-state index >= 15 is 0 Å². The van der Waals surface area contributed by atoms with Crippen molar-refractivity contribution in [2.75, 3.05) is 6.61 Å². The molecule has 0 bridgehead atoms. The summed E-state index contributed by atoms with van der Waals surface area (Å²) in [6, 6.07) is 0. The van der Waals surface area contributed by atoms with Gasteiger partial charge in [-0.25, -0.2) is 0 Å². The summed E-state index contributed by atoms with van der Waals surface area (Å²) in [6.07, 6.45) is 16.4. The van der Waals surface area contributed by atoms with Crippen LogP contribution >= 0.6 is 0 Å². The maximum absolute atomic E-state index is 11.1. The van der Waals surface area contributed by atoms with Crippen molar-refractivity contribution in [3.05, 3.63) is 6.92 Å². The molecule has 0 spiro atoms. The van der Waals surface area contributed by atoms with Crippen LogP contribution in [0.5, 0.6) is 0 Å². The molecule has 0 N–H and O–H groups in total. The molecular formula is C17H33O2. The highest BCUT2D eigenvalue weighted by molar-refractivity contribution is 5.69. The zero-order chi connectivity index (χ0) is 14.2. The van der Waals surface area contributed by atoms with E-state index in [2.05, 4.69) is 13.8 Å². The van der Waals surface area contributed by atoms with Gasteiger partial charge in [0, 0.05) is 6.42 Å². The van der Waals surface area contributed by atoms with Gasteiger partial charge in [0.1, 0.15) is 0 Å². The molecule has 2 nitrogen and oxygen atoms in total. The zero-order valence-electron chi connectivity index (χ0n) is 12.9. The van der Waals surface area contributed by atoms with E-state index in [0.29, 0.717) is 6.42 Å². The van der Waals surface area contributed by atoms with E-state index in [0.717, 1.165) is 12.8 Å². The molecule has 0 amide bonds. The third-order valence-corrected chi connectivity index (χ3v) is 3.50. The van der Waals surface area contributed by atoms with E-state index in [1.54, 1.807) is 0 Å². The first-order valence-electron chi connectivity index (χ1n) is 8.26. The van der Waals surface area contributed by atoms with Crippen LogP contribution in [0.15, 0.2) is 0 Å². The Bertz CT molecular complexity index is 190. The molecule has 0 fully saturated rings. The number of hydrogen-bond donors (Lipinski definition) is 0. The Labute approximate surface area is 120 Å². The third kappa shape index (κ3) is 15.4. The predicted molar refractivity (Wildman–Crippen MR) is 82.0 cm³/mol. The van der Waals surface area contributed by atoms with Crippen molar-refractivity contribution in [3.63, 3.8) is 0 Å². The van der Waals surface area contributed by atoms with Gasteiger partial charge >= 0.3 is 5.97 Å². The molecule has 113 valence electrons. The maximum atomic E-state index is 11.1. The topological polar surface area (TPSA) is 26.3 Å². The van der Waals surface area contributed by atoms with Gasteiger partial charge in [-0.1, -0.05) is 77.6 Å². The van der Waals surface area contributed by atoms with Gasteiger partial charge in [0.05, 0.1) is 6.61 Å². The molecule has 0 heterocycles. The van der Waals surface area contributed by atoms with Crippen molar-refractivity contribution in [3.8, 4) is 0 Å². The molecule has 0 atom stereocenters. The summed E-state index contributed by atoms with van der Waals surface area (Å²) in [7, 11) is 0. The summed E-state index contributed by atoms with van der Waals surface area (Å²) in [5.41, 5.74) is 0. The average Bonchev–Trinajstić information content (AvgIpc) is 2.40. The van der Waals surface area contributed by atoms with Crippen LogP contribution in [-0.2, 0) is 9.53 Å². The van der Waals surface area contributed by atoms with Crippen molar-refractivity contribution >= 4 is 5.97 Å². The van der Waals surface area contributed by atoms with Gasteiger partial charge in [-0.3, -0.25) is 4.79 Å². The highest BCUT2D eigenvalue weighted by atomic mass is 16.5. The monoisotopic (exact) mass is 269 g/mol. The number of carbonyl (C=O) groups excluding carboxylic acids is 1. The zero-order valence-corrected chi connectivity index (χ0v) is 12.9. The molecule has 0 aliphatic rings. The lowest BCUT2D eigenvalue weighted by atomic mass is 10.0. The molecule has 0 aromatic rings. The molecule has 0 aromatic carbocycles. The number of ether oxygens (including phenoxy) is 1. The molecule has 19 heavy (non-hydrogen) atoms. The van der Waals surface area contributed by atoms with Crippen LogP contribution < -0.4 is 0 Å². The molecule has 0 unspecified atom stereocenters.